The number of hydrogen-bond acceptors (Lipinski definition) is 2. The molecule has 2 rings (SSSR count). The van der Waals surface area contributed by atoms with Crippen LogP contribution in [0.3, 0.4) is 0 Å². The number of carbonyl (C=O) groups excluding carboxylic acids is 1. The van der Waals surface area contributed by atoms with Crippen LogP contribution >= 0.6 is 0 Å². The molecular formula is C17H18F2N2O. The van der Waals surface area contributed by atoms with Gasteiger partial charge in [0, 0.05) is 25.2 Å². The molecule has 5 heteroatoms. The van der Waals surface area contributed by atoms with Crippen LogP contribution in [-0.2, 0) is 4.79 Å². The molecule has 0 aromatic heterocycles. The summed E-state index contributed by atoms with van der Waals surface area (Å²) in [5, 5.41) is 2.29. The third kappa shape index (κ3) is 4.04. The number of nitrogens with zero attached hydrogens (tertiary/aromatic N) is 1. The standard InChI is InChI=1S/C17H18F2N2O/c1-2-21(13-7-4-3-5-8-13)12-11-16(22)20-17-14(18)9-6-10-15(17)19/h3-10H,2,11-12H2,1H3,(H,20,22). The first-order chi connectivity index (χ1) is 10.6. The predicted octanol–water partition coefficient (Wildman–Crippen LogP) is 3.82. The van der Waals surface area contributed by atoms with Gasteiger partial charge in [0.1, 0.15) is 17.3 Å². The van der Waals surface area contributed by atoms with Crippen molar-refractivity contribution in [2.45, 2.75) is 13.3 Å². The van der Waals surface area contributed by atoms with Gasteiger partial charge in [-0.05, 0) is 31.2 Å². The molecule has 0 aliphatic carbocycles. The van der Waals surface area contributed by atoms with Crippen molar-refractivity contribution in [3.8, 4) is 0 Å². The van der Waals surface area contributed by atoms with E-state index in [0.717, 1.165) is 24.4 Å². The highest BCUT2D eigenvalue weighted by Gasteiger charge is 2.13. The van der Waals surface area contributed by atoms with E-state index in [2.05, 4.69) is 5.32 Å². The molecule has 1 amide bonds. The zero-order valence-electron chi connectivity index (χ0n) is 12.4. The van der Waals surface area contributed by atoms with Crippen molar-refractivity contribution in [3.05, 3.63) is 60.2 Å². The van der Waals surface area contributed by atoms with E-state index in [-0.39, 0.29) is 6.42 Å². The Bertz CT molecular complexity index is 612. The first kappa shape index (κ1) is 15.9. The number of para-hydroxylation sites is 2. The van der Waals surface area contributed by atoms with Gasteiger partial charge in [-0.15, -0.1) is 0 Å². The molecule has 0 saturated heterocycles. The highest BCUT2D eigenvalue weighted by atomic mass is 19.1. The molecule has 0 radical (unpaired) electrons. The van der Waals surface area contributed by atoms with E-state index in [4.69, 9.17) is 0 Å². The van der Waals surface area contributed by atoms with Crippen molar-refractivity contribution in [2.75, 3.05) is 23.3 Å². The fourth-order valence-corrected chi connectivity index (χ4v) is 2.16. The van der Waals surface area contributed by atoms with Crippen LogP contribution in [0, 0.1) is 11.6 Å². The maximum atomic E-state index is 13.5. The normalized spacial score (nSPS) is 10.3. The number of nitrogens with one attached hydrogen (secondary N) is 1. The van der Waals surface area contributed by atoms with E-state index in [1.54, 1.807) is 0 Å². The van der Waals surface area contributed by atoms with Crippen LogP contribution in [0.4, 0.5) is 20.2 Å². The van der Waals surface area contributed by atoms with Gasteiger partial charge in [0.25, 0.3) is 0 Å². The maximum Gasteiger partial charge on any atom is 0.226 e. The second-order valence-electron chi connectivity index (χ2n) is 4.81. The molecule has 0 saturated carbocycles. The van der Waals surface area contributed by atoms with E-state index in [1.807, 2.05) is 42.2 Å². The Morgan fingerprint density at radius 3 is 2.27 bits per heavy atom. The molecule has 2 aromatic rings. The lowest BCUT2D eigenvalue weighted by molar-refractivity contribution is -0.116. The van der Waals surface area contributed by atoms with Crippen LogP contribution in [0.5, 0.6) is 0 Å². The number of rotatable bonds is 6. The average Bonchev–Trinajstić information content (AvgIpc) is 2.53. The lowest BCUT2D eigenvalue weighted by Crippen LogP contribution is -2.27. The molecule has 2 aromatic carbocycles. The summed E-state index contributed by atoms with van der Waals surface area (Å²) in [6, 6.07) is 13.2. The van der Waals surface area contributed by atoms with Gasteiger partial charge in [0.05, 0.1) is 0 Å². The zero-order chi connectivity index (χ0) is 15.9. The van der Waals surface area contributed by atoms with Crippen LogP contribution < -0.4 is 10.2 Å². The van der Waals surface area contributed by atoms with Gasteiger partial charge in [0.15, 0.2) is 0 Å². The van der Waals surface area contributed by atoms with Gasteiger partial charge in [-0.25, -0.2) is 8.78 Å². The quantitative estimate of drug-likeness (QED) is 0.880. The Morgan fingerprint density at radius 2 is 1.68 bits per heavy atom. The van der Waals surface area contributed by atoms with Crippen molar-refractivity contribution in [3.63, 3.8) is 0 Å². The second-order valence-corrected chi connectivity index (χ2v) is 4.81. The fraction of sp³-hybridized carbons (Fsp3) is 0.235. The van der Waals surface area contributed by atoms with Crippen molar-refractivity contribution >= 4 is 17.3 Å². The number of hydrogen-bond donors (Lipinski definition) is 1. The van der Waals surface area contributed by atoms with Crippen molar-refractivity contribution in [2.24, 2.45) is 0 Å². The van der Waals surface area contributed by atoms with E-state index >= 15 is 0 Å². The number of carbonyl (C=O) groups is 1. The van der Waals surface area contributed by atoms with Crippen molar-refractivity contribution in [1.29, 1.82) is 0 Å². The lowest BCUT2D eigenvalue weighted by Gasteiger charge is -2.22. The molecule has 0 aliphatic rings. The largest absolute Gasteiger partial charge is 0.371 e. The molecule has 116 valence electrons. The summed E-state index contributed by atoms with van der Waals surface area (Å²) in [5.74, 6) is -1.97. The van der Waals surface area contributed by atoms with Crippen molar-refractivity contribution in [1.82, 2.24) is 0 Å². The summed E-state index contributed by atoms with van der Waals surface area (Å²) in [7, 11) is 0. The summed E-state index contributed by atoms with van der Waals surface area (Å²) in [6.45, 7) is 3.20. The van der Waals surface area contributed by atoms with Gasteiger partial charge in [-0.3, -0.25) is 4.79 Å². The third-order valence-electron chi connectivity index (χ3n) is 3.34. The summed E-state index contributed by atoms with van der Waals surface area (Å²) < 4.78 is 27.0. The first-order valence-corrected chi connectivity index (χ1v) is 7.15. The number of amides is 1. The van der Waals surface area contributed by atoms with Crippen molar-refractivity contribution < 1.29 is 13.6 Å². The SMILES string of the molecule is CCN(CCC(=O)Nc1c(F)cccc1F)c1ccccc1. The number of anilines is 2. The molecule has 1 N–H and O–H groups in total. The molecular weight excluding hydrogens is 286 g/mol. The van der Waals surface area contributed by atoms with E-state index < -0.39 is 23.2 Å². The fourth-order valence-electron chi connectivity index (χ4n) is 2.16. The van der Waals surface area contributed by atoms with E-state index in [9.17, 15) is 13.6 Å². The molecule has 0 heterocycles. The molecule has 22 heavy (non-hydrogen) atoms. The summed E-state index contributed by atoms with van der Waals surface area (Å²) in [4.78, 5) is 13.9. The van der Waals surface area contributed by atoms with Gasteiger partial charge >= 0.3 is 0 Å². The Morgan fingerprint density at radius 1 is 1.05 bits per heavy atom. The summed E-state index contributed by atoms with van der Waals surface area (Å²) in [6.07, 6.45) is 0.149. The lowest BCUT2D eigenvalue weighted by atomic mass is 10.2. The second kappa shape index (κ2) is 7.54. The average molecular weight is 304 g/mol. The molecule has 0 fully saturated rings. The monoisotopic (exact) mass is 304 g/mol. The Balaban J connectivity index is 1.95. The van der Waals surface area contributed by atoms with Crippen LogP contribution in [0.2, 0.25) is 0 Å². The zero-order valence-corrected chi connectivity index (χ0v) is 12.4. The Labute approximate surface area is 128 Å². The minimum atomic E-state index is -0.774. The van der Waals surface area contributed by atoms with Crippen LogP contribution in [0.1, 0.15) is 13.3 Å². The molecule has 0 spiro atoms. The van der Waals surface area contributed by atoms with E-state index in [0.29, 0.717) is 6.54 Å². The molecule has 0 atom stereocenters. The minimum Gasteiger partial charge on any atom is -0.371 e. The third-order valence-corrected chi connectivity index (χ3v) is 3.34. The van der Waals surface area contributed by atoms with Crippen LogP contribution in [0.25, 0.3) is 0 Å². The highest BCUT2D eigenvalue weighted by Crippen LogP contribution is 2.18. The first-order valence-electron chi connectivity index (χ1n) is 7.15. The highest BCUT2D eigenvalue weighted by molar-refractivity contribution is 5.91. The molecule has 0 unspecified atom stereocenters. The van der Waals surface area contributed by atoms with Gasteiger partial charge in [0.2, 0.25) is 5.91 Å². The predicted molar refractivity (Wildman–Crippen MR) is 83.9 cm³/mol. The molecule has 0 aliphatic heterocycles. The maximum absolute atomic E-state index is 13.5. The van der Waals surface area contributed by atoms with Gasteiger partial charge in [-0.1, -0.05) is 24.3 Å². The Kier molecular flexibility index (Phi) is 5.47. The van der Waals surface area contributed by atoms with E-state index in [1.165, 1.54) is 6.07 Å². The minimum absolute atomic E-state index is 0.149. The topological polar surface area (TPSA) is 32.3 Å². The smallest absolute Gasteiger partial charge is 0.226 e. The van der Waals surface area contributed by atoms with Crippen LogP contribution in [-0.4, -0.2) is 19.0 Å². The van der Waals surface area contributed by atoms with Gasteiger partial charge in [-0.2, -0.15) is 0 Å². The number of benzene rings is 2. The molecule has 0 bridgehead atoms. The molecule has 3 nitrogen and oxygen atoms in total. The summed E-state index contributed by atoms with van der Waals surface area (Å²) in [5.41, 5.74) is 0.616. The number of halogens is 2. The van der Waals surface area contributed by atoms with Crippen LogP contribution in [0.15, 0.2) is 48.5 Å². The summed E-state index contributed by atoms with van der Waals surface area (Å²) >= 11 is 0. The van der Waals surface area contributed by atoms with Gasteiger partial charge < -0.3 is 10.2 Å². The Hall–Kier alpha value is -2.43.